The molecule has 3 aromatic rings. The first-order valence-corrected chi connectivity index (χ1v) is 9.54. The van der Waals surface area contributed by atoms with Gasteiger partial charge in [0.2, 0.25) is 5.78 Å². The van der Waals surface area contributed by atoms with Crippen molar-refractivity contribution in [3.8, 4) is 0 Å². The van der Waals surface area contributed by atoms with E-state index in [-0.39, 0.29) is 17.9 Å². The zero-order valence-electron chi connectivity index (χ0n) is 15.9. The summed E-state index contributed by atoms with van der Waals surface area (Å²) >= 11 is 0. The Balaban J connectivity index is 1.83. The molecule has 146 valence electrons. The highest BCUT2D eigenvalue weighted by Gasteiger charge is 2.20. The van der Waals surface area contributed by atoms with E-state index >= 15 is 0 Å². The second kappa shape index (κ2) is 6.97. The first-order valence-electron chi connectivity index (χ1n) is 9.54. The fourth-order valence-corrected chi connectivity index (χ4v) is 4.05. The first-order chi connectivity index (χ1) is 13.0. The van der Waals surface area contributed by atoms with E-state index < -0.39 is 0 Å². The molecule has 9 heteroatoms. The summed E-state index contributed by atoms with van der Waals surface area (Å²) < 4.78 is 6.35. The van der Waals surface area contributed by atoms with Crippen LogP contribution in [0.3, 0.4) is 0 Å². The number of hydrogen-bond donors (Lipinski definition) is 1. The van der Waals surface area contributed by atoms with Crippen molar-refractivity contribution in [2.24, 2.45) is 7.05 Å². The number of aliphatic hydroxyl groups excluding tert-OH is 1. The molecule has 1 N–H and O–H groups in total. The van der Waals surface area contributed by atoms with Crippen LogP contribution in [-0.2, 0) is 20.1 Å². The van der Waals surface area contributed by atoms with Gasteiger partial charge >= 0.3 is 5.69 Å². The molecule has 27 heavy (non-hydrogen) atoms. The van der Waals surface area contributed by atoms with Crippen LogP contribution in [0.1, 0.15) is 25.0 Å². The second-order valence-corrected chi connectivity index (χ2v) is 7.30. The molecule has 0 radical (unpaired) electrons. The van der Waals surface area contributed by atoms with Crippen LogP contribution in [0.25, 0.3) is 16.9 Å². The quantitative estimate of drug-likeness (QED) is 0.676. The minimum atomic E-state index is -0.337. The van der Waals surface area contributed by atoms with Crippen molar-refractivity contribution in [3.63, 3.8) is 0 Å². The normalized spacial score (nSPS) is 16.0. The molecule has 0 amide bonds. The Hall–Kier alpha value is -2.39. The standard InChI is InChI=1S/C18H26N6O3/c1-13-12-24-14-15(19-17(24)22(13)10-11-25)20(2)18(27)23(16(14)26)9-8-21-6-4-3-5-7-21/h12,25H,3-11H2,1-2H3. The van der Waals surface area contributed by atoms with Crippen LogP contribution in [0.4, 0.5) is 0 Å². The topological polar surface area (TPSA) is 89.7 Å². The molecule has 4 heterocycles. The number of likely N-dealkylation sites (tertiary alicyclic amines) is 1. The predicted octanol–water partition coefficient (Wildman–Crippen LogP) is -0.0640. The average molecular weight is 374 g/mol. The van der Waals surface area contributed by atoms with Gasteiger partial charge in [0.05, 0.1) is 6.61 Å². The van der Waals surface area contributed by atoms with Gasteiger partial charge in [-0.2, -0.15) is 4.98 Å². The summed E-state index contributed by atoms with van der Waals surface area (Å²) in [7, 11) is 1.65. The number of aryl methyl sites for hydroxylation is 2. The zero-order chi connectivity index (χ0) is 19.1. The zero-order valence-corrected chi connectivity index (χ0v) is 15.9. The van der Waals surface area contributed by atoms with Gasteiger partial charge < -0.3 is 14.6 Å². The summed E-state index contributed by atoms with van der Waals surface area (Å²) in [4.78, 5) is 32.7. The maximum atomic E-state index is 13.1. The van der Waals surface area contributed by atoms with Crippen LogP contribution >= 0.6 is 0 Å². The van der Waals surface area contributed by atoms with Crippen molar-refractivity contribution < 1.29 is 5.11 Å². The van der Waals surface area contributed by atoms with Crippen LogP contribution in [0.5, 0.6) is 0 Å². The van der Waals surface area contributed by atoms with E-state index in [1.165, 1.54) is 28.4 Å². The van der Waals surface area contributed by atoms with Gasteiger partial charge in [0.25, 0.3) is 5.56 Å². The molecule has 1 aliphatic heterocycles. The van der Waals surface area contributed by atoms with Crippen LogP contribution < -0.4 is 11.2 Å². The van der Waals surface area contributed by atoms with Crippen LogP contribution in [-0.4, -0.2) is 59.3 Å². The molecule has 0 atom stereocenters. The number of piperidine rings is 1. The number of imidazole rings is 2. The van der Waals surface area contributed by atoms with Crippen LogP contribution in [0, 0.1) is 6.92 Å². The lowest BCUT2D eigenvalue weighted by Gasteiger charge is -2.26. The fourth-order valence-electron chi connectivity index (χ4n) is 4.05. The molecule has 0 spiro atoms. The van der Waals surface area contributed by atoms with Crippen molar-refractivity contribution in [1.29, 1.82) is 0 Å². The Labute approximate surface area is 156 Å². The number of nitrogens with zero attached hydrogens (tertiary/aromatic N) is 6. The smallest absolute Gasteiger partial charge is 0.332 e. The molecule has 9 nitrogen and oxygen atoms in total. The molecule has 1 aliphatic rings. The highest BCUT2D eigenvalue weighted by Crippen LogP contribution is 2.16. The lowest BCUT2D eigenvalue weighted by molar-refractivity contribution is 0.218. The lowest BCUT2D eigenvalue weighted by Crippen LogP contribution is -2.43. The second-order valence-electron chi connectivity index (χ2n) is 7.30. The van der Waals surface area contributed by atoms with Crippen molar-refractivity contribution in [2.75, 3.05) is 26.2 Å². The Morgan fingerprint density at radius 2 is 1.81 bits per heavy atom. The van der Waals surface area contributed by atoms with Gasteiger partial charge in [-0.1, -0.05) is 6.42 Å². The van der Waals surface area contributed by atoms with E-state index in [9.17, 15) is 14.7 Å². The molecule has 1 saturated heterocycles. The first kappa shape index (κ1) is 18.0. The maximum Gasteiger partial charge on any atom is 0.332 e. The Morgan fingerprint density at radius 3 is 2.52 bits per heavy atom. The highest BCUT2D eigenvalue weighted by atomic mass is 16.3. The Kier molecular flexibility index (Phi) is 4.65. The summed E-state index contributed by atoms with van der Waals surface area (Å²) in [5.74, 6) is 0.567. The van der Waals surface area contributed by atoms with Gasteiger partial charge in [-0.25, -0.2) is 4.79 Å². The summed E-state index contributed by atoms with van der Waals surface area (Å²) in [6.45, 7) is 5.41. The predicted molar refractivity (Wildman–Crippen MR) is 102 cm³/mol. The van der Waals surface area contributed by atoms with Gasteiger partial charge in [-0.15, -0.1) is 0 Å². The van der Waals surface area contributed by atoms with Gasteiger partial charge in [0.15, 0.2) is 11.2 Å². The van der Waals surface area contributed by atoms with Crippen molar-refractivity contribution >= 4 is 16.9 Å². The van der Waals surface area contributed by atoms with Crippen molar-refractivity contribution in [2.45, 2.75) is 39.3 Å². The Bertz CT molecular complexity index is 1100. The van der Waals surface area contributed by atoms with E-state index in [1.54, 1.807) is 11.4 Å². The number of aliphatic hydroxyl groups is 1. The van der Waals surface area contributed by atoms with Gasteiger partial charge in [0, 0.05) is 38.6 Å². The summed E-state index contributed by atoms with van der Waals surface area (Å²) in [6.07, 6.45) is 5.43. The van der Waals surface area contributed by atoms with Crippen molar-refractivity contribution in [3.05, 3.63) is 32.7 Å². The number of aromatic nitrogens is 5. The molecular weight excluding hydrogens is 348 g/mol. The van der Waals surface area contributed by atoms with Crippen LogP contribution in [0.2, 0.25) is 0 Å². The largest absolute Gasteiger partial charge is 0.395 e. The molecule has 0 aliphatic carbocycles. The summed E-state index contributed by atoms with van der Waals surface area (Å²) in [5, 5.41) is 9.30. The van der Waals surface area contributed by atoms with Gasteiger partial charge in [-0.3, -0.25) is 18.3 Å². The van der Waals surface area contributed by atoms with E-state index in [4.69, 9.17) is 0 Å². The molecular formula is C18H26N6O3. The molecule has 4 rings (SSSR count). The summed E-state index contributed by atoms with van der Waals surface area (Å²) in [6, 6.07) is 0. The molecule has 0 aromatic carbocycles. The molecule has 0 unspecified atom stereocenters. The average Bonchev–Trinajstić information content (AvgIpc) is 3.17. The molecule has 0 saturated carbocycles. The Morgan fingerprint density at radius 1 is 1.07 bits per heavy atom. The number of fused-ring (bicyclic) bond motifs is 3. The highest BCUT2D eigenvalue weighted by molar-refractivity contribution is 5.75. The third-order valence-electron chi connectivity index (χ3n) is 5.55. The van der Waals surface area contributed by atoms with E-state index in [0.29, 0.717) is 36.6 Å². The lowest BCUT2D eigenvalue weighted by atomic mass is 10.1. The monoisotopic (exact) mass is 374 g/mol. The summed E-state index contributed by atoms with van der Waals surface area (Å²) in [5.41, 5.74) is 1.04. The van der Waals surface area contributed by atoms with Crippen molar-refractivity contribution in [1.82, 2.24) is 28.0 Å². The molecule has 1 fully saturated rings. The third kappa shape index (κ3) is 2.90. The minimum absolute atomic E-state index is 0.0205. The van der Waals surface area contributed by atoms with Gasteiger partial charge in [-0.05, 0) is 32.9 Å². The SMILES string of the molecule is Cc1cn2c3c(=O)n(CCN4CCCCC4)c(=O)n(C)c3nc2n1CCO. The number of rotatable bonds is 5. The minimum Gasteiger partial charge on any atom is -0.395 e. The van der Waals surface area contributed by atoms with E-state index in [1.807, 2.05) is 17.7 Å². The number of hydrogen-bond acceptors (Lipinski definition) is 5. The molecule has 0 bridgehead atoms. The third-order valence-corrected chi connectivity index (χ3v) is 5.55. The fraction of sp³-hybridized carbons (Fsp3) is 0.611. The van der Waals surface area contributed by atoms with E-state index in [2.05, 4.69) is 9.88 Å². The van der Waals surface area contributed by atoms with E-state index in [0.717, 1.165) is 18.8 Å². The van der Waals surface area contributed by atoms with Gasteiger partial charge in [0.1, 0.15) is 0 Å². The molecule has 3 aromatic heterocycles. The van der Waals surface area contributed by atoms with Crippen LogP contribution in [0.15, 0.2) is 15.8 Å². The maximum absolute atomic E-state index is 13.1.